The first kappa shape index (κ1) is 17.7. The van der Waals surface area contributed by atoms with Crippen molar-refractivity contribution in [3.63, 3.8) is 0 Å². The van der Waals surface area contributed by atoms with Crippen molar-refractivity contribution in [1.82, 2.24) is 10.2 Å². The van der Waals surface area contributed by atoms with Crippen LogP contribution in [0.15, 0.2) is 48.5 Å². The summed E-state index contributed by atoms with van der Waals surface area (Å²) in [7, 11) is 0. The van der Waals surface area contributed by atoms with E-state index in [0.717, 1.165) is 5.56 Å². The van der Waals surface area contributed by atoms with Crippen molar-refractivity contribution in [3.8, 4) is 11.5 Å². The summed E-state index contributed by atoms with van der Waals surface area (Å²) < 4.78 is 18.5. The molecule has 2 aromatic carbocycles. The van der Waals surface area contributed by atoms with Gasteiger partial charge in [-0.05, 0) is 48.9 Å². The van der Waals surface area contributed by atoms with E-state index in [1.807, 2.05) is 19.1 Å². The van der Waals surface area contributed by atoms with Gasteiger partial charge in [-0.2, -0.15) is 0 Å². The van der Waals surface area contributed by atoms with Crippen LogP contribution in [0.3, 0.4) is 0 Å². The summed E-state index contributed by atoms with van der Waals surface area (Å²) in [6.45, 7) is 3.04. The van der Waals surface area contributed by atoms with Crippen LogP contribution in [0.5, 0.6) is 11.5 Å². The van der Waals surface area contributed by atoms with Gasteiger partial charge in [0.2, 0.25) is 0 Å². The molecule has 2 N–H and O–H groups in total. The van der Waals surface area contributed by atoms with E-state index in [0.29, 0.717) is 31.1 Å². The Hall–Kier alpha value is -2.60. The molecule has 0 aliphatic rings. The molecule has 24 heavy (non-hydrogen) atoms. The second-order valence-corrected chi connectivity index (χ2v) is 5.16. The van der Waals surface area contributed by atoms with Crippen LogP contribution < -0.4 is 10.1 Å². The number of urea groups is 1. The molecule has 2 rings (SSSR count). The standard InChI is InChI=1S/C18H21FN2O3/c1-2-21(11-12-22)18(23)20-13-14-3-7-16(8-4-14)24-17-9-5-15(19)6-10-17/h3-10,22H,2,11-13H2,1H3,(H,20,23). The number of carbonyl (C=O) groups is 1. The fourth-order valence-corrected chi connectivity index (χ4v) is 2.13. The molecule has 0 radical (unpaired) electrons. The Morgan fingerprint density at radius 3 is 2.25 bits per heavy atom. The number of ether oxygens (including phenoxy) is 1. The van der Waals surface area contributed by atoms with E-state index in [2.05, 4.69) is 5.32 Å². The lowest BCUT2D eigenvalue weighted by Crippen LogP contribution is -2.40. The second kappa shape index (κ2) is 8.88. The predicted molar refractivity (Wildman–Crippen MR) is 89.5 cm³/mol. The minimum absolute atomic E-state index is 0.0588. The van der Waals surface area contributed by atoms with Gasteiger partial charge in [0.25, 0.3) is 0 Å². The van der Waals surface area contributed by atoms with E-state index in [-0.39, 0.29) is 18.5 Å². The van der Waals surface area contributed by atoms with Crippen LogP contribution in [0.4, 0.5) is 9.18 Å². The lowest BCUT2D eigenvalue weighted by atomic mass is 10.2. The zero-order valence-electron chi connectivity index (χ0n) is 13.5. The first-order valence-electron chi connectivity index (χ1n) is 7.78. The number of aliphatic hydroxyl groups excluding tert-OH is 1. The Morgan fingerprint density at radius 2 is 1.71 bits per heavy atom. The highest BCUT2D eigenvalue weighted by molar-refractivity contribution is 5.74. The van der Waals surface area contributed by atoms with E-state index < -0.39 is 0 Å². The van der Waals surface area contributed by atoms with Crippen LogP contribution in [0, 0.1) is 5.82 Å². The van der Waals surface area contributed by atoms with Gasteiger partial charge in [0.15, 0.2) is 0 Å². The fraction of sp³-hybridized carbons (Fsp3) is 0.278. The van der Waals surface area contributed by atoms with E-state index in [1.54, 1.807) is 24.3 Å². The molecule has 0 spiro atoms. The average Bonchev–Trinajstić information content (AvgIpc) is 2.60. The highest BCUT2D eigenvalue weighted by atomic mass is 19.1. The third kappa shape index (κ3) is 5.24. The topological polar surface area (TPSA) is 61.8 Å². The van der Waals surface area contributed by atoms with Gasteiger partial charge in [0.05, 0.1) is 6.61 Å². The first-order chi connectivity index (χ1) is 11.6. The summed E-state index contributed by atoms with van der Waals surface area (Å²) in [5, 5.41) is 11.7. The van der Waals surface area contributed by atoms with Gasteiger partial charge in [-0.1, -0.05) is 12.1 Å². The minimum atomic E-state index is -0.309. The van der Waals surface area contributed by atoms with Gasteiger partial charge in [0, 0.05) is 19.6 Å². The molecular formula is C18H21FN2O3. The van der Waals surface area contributed by atoms with Crippen LogP contribution in [0.2, 0.25) is 0 Å². The van der Waals surface area contributed by atoms with Gasteiger partial charge in [-0.15, -0.1) is 0 Å². The van der Waals surface area contributed by atoms with Crippen LogP contribution in [0.25, 0.3) is 0 Å². The fourth-order valence-electron chi connectivity index (χ4n) is 2.13. The van der Waals surface area contributed by atoms with Gasteiger partial charge < -0.3 is 20.1 Å². The molecule has 0 unspecified atom stereocenters. The predicted octanol–water partition coefficient (Wildman–Crippen LogP) is 3.14. The molecule has 0 saturated heterocycles. The van der Waals surface area contributed by atoms with Crippen molar-refractivity contribution in [1.29, 1.82) is 0 Å². The maximum Gasteiger partial charge on any atom is 0.317 e. The Kier molecular flexibility index (Phi) is 6.57. The highest BCUT2D eigenvalue weighted by Gasteiger charge is 2.09. The zero-order valence-corrected chi connectivity index (χ0v) is 13.5. The molecular weight excluding hydrogens is 311 g/mol. The number of benzene rings is 2. The molecule has 0 heterocycles. The molecule has 0 aliphatic heterocycles. The largest absolute Gasteiger partial charge is 0.457 e. The van der Waals surface area contributed by atoms with Gasteiger partial charge in [-0.25, -0.2) is 9.18 Å². The summed E-state index contributed by atoms with van der Waals surface area (Å²) in [4.78, 5) is 13.5. The zero-order chi connectivity index (χ0) is 17.4. The van der Waals surface area contributed by atoms with E-state index >= 15 is 0 Å². The van der Waals surface area contributed by atoms with Crippen LogP contribution in [0.1, 0.15) is 12.5 Å². The van der Waals surface area contributed by atoms with Gasteiger partial charge >= 0.3 is 6.03 Å². The lowest BCUT2D eigenvalue weighted by Gasteiger charge is -2.20. The second-order valence-electron chi connectivity index (χ2n) is 5.16. The quantitative estimate of drug-likeness (QED) is 0.819. The molecule has 0 aliphatic carbocycles. The Morgan fingerprint density at radius 1 is 1.12 bits per heavy atom. The van der Waals surface area contributed by atoms with Crippen LogP contribution >= 0.6 is 0 Å². The average molecular weight is 332 g/mol. The number of aliphatic hydroxyl groups is 1. The maximum absolute atomic E-state index is 12.9. The van der Waals surface area contributed by atoms with Crippen LogP contribution in [-0.2, 0) is 6.54 Å². The van der Waals surface area contributed by atoms with Crippen molar-refractivity contribution in [3.05, 3.63) is 59.9 Å². The van der Waals surface area contributed by atoms with Crippen LogP contribution in [-0.4, -0.2) is 35.7 Å². The normalized spacial score (nSPS) is 10.3. The maximum atomic E-state index is 12.9. The summed E-state index contributed by atoms with van der Waals surface area (Å²) in [5.74, 6) is 0.878. The molecule has 5 nitrogen and oxygen atoms in total. The third-order valence-electron chi connectivity index (χ3n) is 3.46. The first-order valence-corrected chi connectivity index (χ1v) is 7.78. The van der Waals surface area contributed by atoms with Gasteiger partial charge in [-0.3, -0.25) is 0 Å². The number of likely N-dealkylation sites (N-methyl/N-ethyl adjacent to an activating group) is 1. The van der Waals surface area contributed by atoms with Crippen molar-refractivity contribution in [2.24, 2.45) is 0 Å². The number of hydrogen-bond acceptors (Lipinski definition) is 3. The lowest BCUT2D eigenvalue weighted by molar-refractivity contribution is 0.180. The molecule has 2 aromatic rings. The Bertz CT molecular complexity index is 644. The summed E-state index contributed by atoms with van der Waals surface area (Å²) in [6, 6.07) is 12.9. The smallest absolute Gasteiger partial charge is 0.317 e. The molecule has 0 aromatic heterocycles. The highest BCUT2D eigenvalue weighted by Crippen LogP contribution is 2.21. The summed E-state index contributed by atoms with van der Waals surface area (Å²) in [6.07, 6.45) is 0. The van der Waals surface area contributed by atoms with E-state index in [4.69, 9.17) is 9.84 Å². The van der Waals surface area contributed by atoms with Crippen molar-refractivity contribution < 1.29 is 19.0 Å². The molecule has 0 saturated carbocycles. The number of carbonyl (C=O) groups excluding carboxylic acids is 1. The number of nitrogens with one attached hydrogen (secondary N) is 1. The molecule has 0 fully saturated rings. The van der Waals surface area contributed by atoms with E-state index in [1.165, 1.54) is 17.0 Å². The van der Waals surface area contributed by atoms with Crippen molar-refractivity contribution in [2.45, 2.75) is 13.5 Å². The number of nitrogens with zero attached hydrogens (tertiary/aromatic N) is 1. The molecule has 2 amide bonds. The molecule has 0 bridgehead atoms. The summed E-state index contributed by atoms with van der Waals surface area (Å²) >= 11 is 0. The van der Waals surface area contributed by atoms with Crippen molar-refractivity contribution >= 4 is 6.03 Å². The SMILES string of the molecule is CCN(CCO)C(=O)NCc1ccc(Oc2ccc(F)cc2)cc1. The van der Waals surface area contributed by atoms with E-state index in [9.17, 15) is 9.18 Å². The third-order valence-corrected chi connectivity index (χ3v) is 3.46. The Labute approximate surface area is 140 Å². The Balaban J connectivity index is 1.87. The minimum Gasteiger partial charge on any atom is -0.457 e. The van der Waals surface area contributed by atoms with Crippen molar-refractivity contribution in [2.75, 3.05) is 19.7 Å². The molecule has 128 valence electrons. The summed E-state index contributed by atoms with van der Waals surface area (Å²) in [5.41, 5.74) is 0.926. The van der Waals surface area contributed by atoms with Gasteiger partial charge in [0.1, 0.15) is 17.3 Å². The number of rotatable bonds is 7. The monoisotopic (exact) mass is 332 g/mol. The molecule has 6 heteroatoms. The number of halogens is 1. The molecule has 0 atom stereocenters. The number of hydrogen-bond donors (Lipinski definition) is 2. The number of amides is 2.